The Morgan fingerprint density at radius 3 is 2.67 bits per heavy atom. The quantitative estimate of drug-likeness (QED) is 0.775. The Morgan fingerprint density at radius 2 is 2.00 bits per heavy atom. The number of hydrogen-bond donors (Lipinski definition) is 0. The molecular weight excluding hydrogens is 246 g/mol. The van der Waals surface area contributed by atoms with E-state index in [1.807, 2.05) is 6.20 Å². The average molecular weight is 268 g/mol. The highest BCUT2D eigenvalue weighted by molar-refractivity contribution is 6.29. The van der Waals surface area contributed by atoms with Crippen LogP contribution in [0.4, 0.5) is 5.82 Å². The highest BCUT2D eigenvalue weighted by atomic mass is 35.5. The van der Waals surface area contributed by atoms with Crippen molar-refractivity contribution in [3.05, 3.63) is 17.5 Å². The van der Waals surface area contributed by atoms with Gasteiger partial charge in [-0.2, -0.15) is 0 Å². The zero-order valence-corrected chi connectivity index (χ0v) is 12.2. The van der Waals surface area contributed by atoms with Gasteiger partial charge in [-0.05, 0) is 30.6 Å². The van der Waals surface area contributed by atoms with Gasteiger partial charge >= 0.3 is 0 Å². The number of halogens is 1. The molecule has 0 aromatic carbocycles. The number of anilines is 1. The molecule has 0 aliphatic carbocycles. The molecule has 1 atom stereocenters. The van der Waals surface area contributed by atoms with E-state index in [1.165, 1.54) is 19.3 Å². The van der Waals surface area contributed by atoms with Gasteiger partial charge in [0.05, 0.1) is 12.4 Å². The average Bonchev–Trinajstić information content (AvgIpc) is 2.53. The summed E-state index contributed by atoms with van der Waals surface area (Å²) < 4.78 is 0. The van der Waals surface area contributed by atoms with Crippen LogP contribution in [0, 0.1) is 11.3 Å². The summed E-state index contributed by atoms with van der Waals surface area (Å²) in [4.78, 5) is 10.8. The van der Waals surface area contributed by atoms with Crippen LogP contribution < -0.4 is 4.90 Å². The molecule has 1 unspecified atom stereocenters. The molecule has 18 heavy (non-hydrogen) atoms. The molecule has 0 saturated carbocycles. The maximum absolute atomic E-state index is 5.91. The van der Waals surface area contributed by atoms with Gasteiger partial charge < -0.3 is 4.90 Å². The maximum Gasteiger partial charge on any atom is 0.149 e. The lowest BCUT2D eigenvalue weighted by Crippen LogP contribution is -2.26. The third-order valence-electron chi connectivity index (χ3n) is 3.87. The van der Waals surface area contributed by atoms with E-state index in [9.17, 15) is 0 Å². The van der Waals surface area contributed by atoms with E-state index < -0.39 is 0 Å². The molecule has 0 N–H and O–H groups in total. The van der Waals surface area contributed by atoms with Gasteiger partial charge in [0, 0.05) is 13.1 Å². The summed E-state index contributed by atoms with van der Waals surface area (Å²) in [6.45, 7) is 9.13. The molecule has 1 aromatic heterocycles. The molecule has 0 amide bonds. The highest BCUT2D eigenvalue weighted by Crippen LogP contribution is 2.34. The molecular formula is C14H22ClN3. The molecule has 2 rings (SSSR count). The van der Waals surface area contributed by atoms with Crippen LogP contribution >= 0.6 is 11.6 Å². The van der Waals surface area contributed by atoms with Crippen LogP contribution in [0.15, 0.2) is 12.4 Å². The third-order valence-corrected chi connectivity index (χ3v) is 4.05. The second kappa shape index (κ2) is 5.43. The van der Waals surface area contributed by atoms with Gasteiger partial charge in [-0.25, -0.2) is 4.98 Å². The van der Waals surface area contributed by atoms with Gasteiger partial charge in [-0.1, -0.05) is 32.4 Å². The largest absolute Gasteiger partial charge is 0.355 e. The molecule has 1 aromatic rings. The van der Waals surface area contributed by atoms with Gasteiger partial charge in [0.1, 0.15) is 11.0 Å². The first kappa shape index (κ1) is 13.6. The number of rotatable bonds is 1. The minimum Gasteiger partial charge on any atom is -0.355 e. The van der Waals surface area contributed by atoms with Crippen molar-refractivity contribution in [2.45, 2.75) is 40.0 Å². The minimum atomic E-state index is 0.399. The van der Waals surface area contributed by atoms with Gasteiger partial charge in [-0.15, -0.1) is 0 Å². The van der Waals surface area contributed by atoms with E-state index in [0.29, 0.717) is 10.6 Å². The Balaban J connectivity index is 2.05. The normalized spacial score (nSPS) is 21.8. The number of nitrogens with zero attached hydrogens (tertiary/aromatic N) is 3. The van der Waals surface area contributed by atoms with Crippen LogP contribution in [0.25, 0.3) is 0 Å². The lowest BCUT2D eigenvalue weighted by molar-refractivity contribution is 0.220. The molecule has 3 nitrogen and oxygen atoms in total. The Labute approximate surface area is 115 Å². The Bertz CT molecular complexity index is 400. The van der Waals surface area contributed by atoms with E-state index in [0.717, 1.165) is 24.8 Å². The molecule has 1 aliphatic heterocycles. The smallest absolute Gasteiger partial charge is 0.149 e. The second-order valence-electron chi connectivity index (χ2n) is 6.18. The van der Waals surface area contributed by atoms with Crippen molar-refractivity contribution < 1.29 is 0 Å². The highest BCUT2D eigenvalue weighted by Gasteiger charge is 2.27. The second-order valence-corrected chi connectivity index (χ2v) is 6.57. The van der Waals surface area contributed by atoms with Gasteiger partial charge in [0.25, 0.3) is 0 Å². The zero-order chi connectivity index (χ0) is 13.2. The predicted octanol–water partition coefficient (Wildman–Crippen LogP) is 3.78. The maximum atomic E-state index is 5.91. The van der Waals surface area contributed by atoms with Crippen molar-refractivity contribution in [1.29, 1.82) is 0 Å². The van der Waals surface area contributed by atoms with Crippen molar-refractivity contribution >= 4 is 17.4 Å². The SMILES string of the molecule is CC(C)(C)C1CCCN(c2cncc(Cl)n2)CC1. The summed E-state index contributed by atoms with van der Waals surface area (Å²) in [6.07, 6.45) is 7.13. The van der Waals surface area contributed by atoms with Crippen LogP contribution in [0.1, 0.15) is 40.0 Å². The van der Waals surface area contributed by atoms with Crippen LogP contribution in [0.3, 0.4) is 0 Å². The lowest BCUT2D eigenvalue weighted by atomic mass is 9.77. The fraction of sp³-hybridized carbons (Fsp3) is 0.714. The Kier molecular flexibility index (Phi) is 4.10. The first-order valence-electron chi connectivity index (χ1n) is 6.69. The van der Waals surface area contributed by atoms with Crippen LogP contribution in [0.5, 0.6) is 0 Å². The minimum absolute atomic E-state index is 0.399. The van der Waals surface area contributed by atoms with Crippen molar-refractivity contribution in [3.63, 3.8) is 0 Å². The zero-order valence-electron chi connectivity index (χ0n) is 11.5. The monoisotopic (exact) mass is 267 g/mol. The van der Waals surface area contributed by atoms with Crippen LogP contribution in [-0.2, 0) is 0 Å². The lowest BCUT2D eigenvalue weighted by Gasteiger charge is -2.29. The summed E-state index contributed by atoms with van der Waals surface area (Å²) in [7, 11) is 0. The van der Waals surface area contributed by atoms with E-state index in [1.54, 1.807) is 6.20 Å². The summed E-state index contributed by atoms with van der Waals surface area (Å²) >= 11 is 5.91. The van der Waals surface area contributed by atoms with Crippen molar-refractivity contribution in [2.75, 3.05) is 18.0 Å². The molecule has 100 valence electrons. The molecule has 0 spiro atoms. The van der Waals surface area contributed by atoms with E-state index >= 15 is 0 Å². The fourth-order valence-electron chi connectivity index (χ4n) is 2.68. The number of hydrogen-bond acceptors (Lipinski definition) is 3. The summed E-state index contributed by atoms with van der Waals surface area (Å²) in [5, 5.41) is 0.476. The standard InChI is InChI=1S/C14H22ClN3/c1-14(2,3)11-5-4-7-18(8-6-11)13-10-16-9-12(15)17-13/h9-11H,4-8H2,1-3H3. The van der Waals surface area contributed by atoms with E-state index in [2.05, 4.69) is 35.6 Å². The molecule has 1 aliphatic rings. The summed E-state index contributed by atoms with van der Waals surface area (Å²) in [6, 6.07) is 0. The molecule has 0 radical (unpaired) electrons. The topological polar surface area (TPSA) is 29.0 Å². The van der Waals surface area contributed by atoms with Gasteiger partial charge in [0.2, 0.25) is 0 Å². The van der Waals surface area contributed by atoms with Crippen molar-refractivity contribution in [3.8, 4) is 0 Å². The summed E-state index contributed by atoms with van der Waals surface area (Å²) in [5.41, 5.74) is 0.399. The fourth-order valence-corrected chi connectivity index (χ4v) is 2.82. The van der Waals surface area contributed by atoms with Crippen molar-refractivity contribution in [2.24, 2.45) is 11.3 Å². The van der Waals surface area contributed by atoms with Gasteiger partial charge in [-0.3, -0.25) is 4.98 Å². The Hall–Kier alpha value is -0.830. The molecule has 1 saturated heterocycles. The first-order chi connectivity index (χ1) is 8.47. The first-order valence-corrected chi connectivity index (χ1v) is 7.07. The van der Waals surface area contributed by atoms with Crippen LogP contribution in [0.2, 0.25) is 5.15 Å². The van der Waals surface area contributed by atoms with E-state index in [-0.39, 0.29) is 0 Å². The Morgan fingerprint density at radius 1 is 1.22 bits per heavy atom. The predicted molar refractivity (Wildman–Crippen MR) is 76.1 cm³/mol. The number of aromatic nitrogens is 2. The van der Waals surface area contributed by atoms with Gasteiger partial charge in [0.15, 0.2) is 0 Å². The molecule has 2 heterocycles. The molecule has 1 fully saturated rings. The summed E-state index contributed by atoms with van der Waals surface area (Å²) in [5.74, 6) is 1.70. The third kappa shape index (κ3) is 3.35. The van der Waals surface area contributed by atoms with Crippen LogP contribution in [-0.4, -0.2) is 23.1 Å². The van der Waals surface area contributed by atoms with Crippen molar-refractivity contribution in [1.82, 2.24) is 9.97 Å². The molecule has 4 heteroatoms. The van der Waals surface area contributed by atoms with E-state index in [4.69, 9.17) is 11.6 Å². The molecule has 0 bridgehead atoms.